The van der Waals surface area contributed by atoms with Crippen molar-refractivity contribution in [2.24, 2.45) is 0 Å². The third kappa shape index (κ3) is 5.03. The van der Waals surface area contributed by atoms with E-state index in [4.69, 9.17) is 10.00 Å². The van der Waals surface area contributed by atoms with Gasteiger partial charge in [0.05, 0.1) is 24.3 Å². The highest BCUT2D eigenvalue weighted by Gasteiger charge is 2.38. The molecule has 174 valence electrons. The Kier molecular flexibility index (Phi) is 6.81. The van der Waals surface area contributed by atoms with Crippen molar-refractivity contribution in [1.29, 1.82) is 5.26 Å². The molecule has 1 unspecified atom stereocenters. The summed E-state index contributed by atoms with van der Waals surface area (Å²) in [5, 5.41) is 9.03. The average Bonchev–Trinajstić information content (AvgIpc) is 2.81. The van der Waals surface area contributed by atoms with Gasteiger partial charge in [0.15, 0.2) is 0 Å². The van der Waals surface area contributed by atoms with Crippen LogP contribution >= 0.6 is 0 Å². The maximum absolute atomic E-state index is 13.4. The molecule has 1 heterocycles. The van der Waals surface area contributed by atoms with Crippen molar-refractivity contribution in [3.8, 4) is 11.8 Å². The van der Waals surface area contributed by atoms with Crippen LogP contribution < -0.4 is 9.64 Å². The number of nitriles is 1. The number of rotatable bonds is 4. The lowest BCUT2D eigenvalue weighted by Crippen LogP contribution is -2.60. The predicted octanol–water partition coefficient (Wildman–Crippen LogP) is 3.00. The maximum atomic E-state index is 13.4. The molecule has 1 aliphatic heterocycles. The van der Waals surface area contributed by atoms with Gasteiger partial charge in [0.2, 0.25) is 5.91 Å². The summed E-state index contributed by atoms with van der Waals surface area (Å²) in [6.45, 7) is 0.355. The first-order chi connectivity index (χ1) is 15.6. The molecule has 2 aromatic rings. The second kappa shape index (κ2) is 9.40. The number of nitrogens with zero attached hydrogens (tertiary/aromatic N) is 4. The molecule has 3 rings (SSSR count). The number of anilines is 1. The number of hydrogen-bond donors (Lipinski definition) is 0. The average molecular weight is 460 g/mol. The second-order valence-electron chi connectivity index (χ2n) is 7.76. The predicted molar refractivity (Wildman–Crippen MR) is 115 cm³/mol. The quantitative estimate of drug-likeness (QED) is 0.701. The number of piperazine rings is 1. The molecule has 1 atom stereocenters. The van der Waals surface area contributed by atoms with E-state index in [1.165, 1.54) is 23.0 Å². The van der Waals surface area contributed by atoms with E-state index in [1.807, 2.05) is 0 Å². The minimum absolute atomic E-state index is 0.00984. The third-order valence-corrected chi connectivity index (χ3v) is 5.48. The summed E-state index contributed by atoms with van der Waals surface area (Å²) in [5.74, 6) is -0.225. The molecule has 1 fully saturated rings. The summed E-state index contributed by atoms with van der Waals surface area (Å²) in [4.78, 5) is 30.5. The number of likely N-dealkylation sites (N-methyl/N-ethyl adjacent to an activating group) is 1. The number of alkyl halides is 3. The molecule has 1 saturated heterocycles. The fraction of sp³-hybridized carbons (Fsp3) is 0.348. The molecule has 7 nitrogen and oxygen atoms in total. The van der Waals surface area contributed by atoms with Crippen molar-refractivity contribution in [2.75, 3.05) is 45.7 Å². The summed E-state index contributed by atoms with van der Waals surface area (Å²) in [5.41, 5.74) is -0.935. The van der Waals surface area contributed by atoms with Gasteiger partial charge in [-0.3, -0.25) is 9.59 Å². The topological polar surface area (TPSA) is 76.9 Å². The van der Waals surface area contributed by atoms with E-state index in [1.54, 1.807) is 49.3 Å². The number of halogens is 3. The number of benzene rings is 2. The Morgan fingerprint density at radius 3 is 2.48 bits per heavy atom. The lowest BCUT2D eigenvalue weighted by Gasteiger charge is -2.42. The first kappa shape index (κ1) is 23.9. The molecule has 33 heavy (non-hydrogen) atoms. The normalized spacial score (nSPS) is 16.2. The number of ether oxygens (including phenoxy) is 1. The second-order valence-corrected chi connectivity index (χ2v) is 7.76. The zero-order valence-corrected chi connectivity index (χ0v) is 18.4. The van der Waals surface area contributed by atoms with Gasteiger partial charge >= 0.3 is 6.18 Å². The highest BCUT2D eigenvalue weighted by molar-refractivity contribution is 5.98. The molecule has 2 aromatic carbocycles. The number of carbonyl (C=O) groups excluding carboxylic acids is 2. The van der Waals surface area contributed by atoms with E-state index in [2.05, 4.69) is 0 Å². The Hall–Kier alpha value is -3.74. The van der Waals surface area contributed by atoms with E-state index in [-0.39, 0.29) is 37.1 Å². The van der Waals surface area contributed by atoms with E-state index >= 15 is 0 Å². The van der Waals surface area contributed by atoms with Gasteiger partial charge < -0.3 is 19.4 Å². The number of hydrogen-bond acceptors (Lipinski definition) is 5. The van der Waals surface area contributed by atoms with Crippen molar-refractivity contribution >= 4 is 17.5 Å². The molecule has 0 saturated carbocycles. The van der Waals surface area contributed by atoms with Gasteiger partial charge in [0.25, 0.3) is 5.91 Å². The van der Waals surface area contributed by atoms with Gasteiger partial charge in [-0.05, 0) is 36.4 Å². The number of carbonyl (C=O) groups is 2. The van der Waals surface area contributed by atoms with E-state index in [9.17, 15) is 22.8 Å². The van der Waals surface area contributed by atoms with Crippen LogP contribution in [-0.4, -0.2) is 68.5 Å². The van der Waals surface area contributed by atoms with Crippen molar-refractivity contribution in [2.45, 2.75) is 12.2 Å². The molecule has 0 aliphatic carbocycles. The molecule has 2 amide bonds. The highest BCUT2D eigenvalue weighted by Crippen LogP contribution is 2.35. The Labute approximate surface area is 189 Å². The van der Waals surface area contributed by atoms with Crippen LogP contribution in [0.15, 0.2) is 42.5 Å². The molecule has 0 spiro atoms. The van der Waals surface area contributed by atoms with Gasteiger partial charge in [-0.1, -0.05) is 6.07 Å². The monoisotopic (exact) mass is 460 g/mol. The largest absolute Gasteiger partial charge is 0.497 e. The number of methoxy groups -OCH3 is 1. The van der Waals surface area contributed by atoms with Crippen LogP contribution in [0, 0.1) is 11.3 Å². The summed E-state index contributed by atoms with van der Waals surface area (Å²) < 4.78 is 45.4. The lowest BCUT2D eigenvalue weighted by molar-refractivity contribution is -0.138. The SMILES string of the molecule is COc1cccc(C(=O)N2CCN(c3ccc(C#N)c(C(F)(F)F)c3)CC2C(=O)N(C)C)c1. The van der Waals surface area contributed by atoms with Gasteiger partial charge in [-0.2, -0.15) is 18.4 Å². The minimum atomic E-state index is -4.69. The Morgan fingerprint density at radius 1 is 1.15 bits per heavy atom. The Morgan fingerprint density at radius 2 is 1.88 bits per heavy atom. The van der Waals surface area contributed by atoms with Gasteiger partial charge in [-0.15, -0.1) is 0 Å². The lowest BCUT2D eigenvalue weighted by atomic mass is 10.0. The minimum Gasteiger partial charge on any atom is -0.497 e. The molecule has 0 aromatic heterocycles. The molecular formula is C23H23F3N4O3. The van der Waals surface area contributed by atoms with Crippen LogP contribution in [-0.2, 0) is 11.0 Å². The molecule has 10 heteroatoms. The van der Waals surface area contributed by atoms with Gasteiger partial charge in [0, 0.05) is 45.0 Å². The van der Waals surface area contributed by atoms with E-state index in [0.29, 0.717) is 11.3 Å². The molecule has 0 N–H and O–H groups in total. The van der Waals surface area contributed by atoms with Crippen LogP contribution in [0.4, 0.5) is 18.9 Å². The zero-order valence-electron chi connectivity index (χ0n) is 18.4. The standard InChI is InChI=1S/C23H23F3N4O3/c1-28(2)22(32)20-14-29(17-8-7-16(13-27)19(12-17)23(24,25)26)9-10-30(20)21(31)15-5-4-6-18(11-15)33-3/h4-8,11-12,20H,9-10,14H2,1-3H3. The van der Waals surface area contributed by atoms with Crippen molar-refractivity contribution in [3.05, 3.63) is 59.2 Å². The third-order valence-electron chi connectivity index (χ3n) is 5.48. The summed E-state index contributed by atoms with van der Waals surface area (Å²) >= 11 is 0. The Balaban J connectivity index is 1.93. The summed E-state index contributed by atoms with van der Waals surface area (Å²) in [7, 11) is 4.59. The first-order valence-electron chi connectivity index (χ1n) is 10.1. The molecule has 1 aliphatic rings. The van der Waals surface area contributed by atoms with Crippen LogP contribution in [0.25, 0.3) is 0 Å². The highest BCUT2D eigenvalue weighted by atomic mass is 19.4. The van der Waals surface area contributed by atoms with Crippen molar-refractivity contribution in [1.82, 2.24) is 9.80 Å². The smallest absolute Gasteiger partial charge is 0.417 e. The van der Waals surface area contributed by atoms with E-state index < -0.39 is 23.3 Å². The Bertz CT molecular complexity index is 1100. The molecular weight excluding hydrogens is 437 g/mol. The summed E-state index contributed by atoms with van der Waals surface area (Å²) in [6, 6.07) is 10.7. The van der Waals surface area contributed by atoms with Gasteiger partial charge in [-0.25, -0.2) is 0 Å². The fourth-order valence-electron chi connectivity index (χ4n) is 3.75. The first-order valence-corrected chi connectivity index (χ1v) is 10.1. The van der Waals surface area contributed by atoms with Gasteiger partial charge in [0.1, 0.15) is 11.8 Å². The van der Waals surface area contributed by atoms with E-state index in [0.717, 1.165) is 12.1 Å². The van der Waals surface area contributed by atoms with Crippen molar-refractivity contribution in [3.63, 3.8) is 0 Å². The van der Waals surface area contributed by atoms with Crippen LogP contribution in [0.1, 0.15) is 21.5 Å². The summed E-state index contributed by atoms with van der Waals surface area (Å²) in [6.07, 6.45) is -4.69. The van der Waals surface area contributed by atoms with Crippen LogP contribution in [0.5, 0.6) is 5.75 Å². The fourth-order valence-corrected chi connectivity index (χ4v) is 3.75. The molecule has 0 bridgehead atoms. The maximum Gasteiger partial charge on any atom is 0.417 e. The van der Waals surface area contributed by atoms with Crippen LogP contribution in [0.2, 0.25) is 0 Å². The molecule has 0 radical (unpaired) electrons. The van der Waals surface area contributed by atoms with Crippen LogP contribution in [0.3, 0.4) is 0 Å². The van der Waals surface area contributed by atoms with Crippen molar-refractivity contribution < 1.29 is 27.5 Å². The zero-order chi connectivity index (χ0) is 24.3. The number of amides is 2.